The molecule has 1 saturated carbocycles. The maximum absolute atomic E-state index is 4.47. The molecule has 0 saturated heterocycles. The lowest BCUT2D eigenvalue weighted by Gasteiger charge is -2.27. The van der Waals surface area contributed by atoms with Crippen molar-refractivity contribution >= 4 is 32.7 Å². The van der Waals surface area contributed by atoms with Crippen molar-refractivity contribution in [2.75, 3.05) is 5.32 Å². The summed E-state index contributed by atoms with van der Waals surface area (Å²) in [6, 6.07) is 4.00. The number of hydrogen-bond donors (Lipinski definition) is 1. The lowest BCUT2D eigenvalue weighted by atomic mass is 9.98. The van der Waals surface area contributed by atoms with Gasteiger partial charge in [0.2, 0.25) is 0 Å². The van der Waals surface area contributed by atoms with Crippen LogP contribution < -0.4 is 5.32 Å². The Morgan fingerprint density at radius 1 is 1.33 bits per heavy atom. The first-order valence-electron chi connectivity index (χ1n) is 6.25. The van der Waals surface area contributed by atoms with Gasteiger partial charge in [0, 0.05) is 22.4 Å². The summed E-state index contributed by atoms with van der Waals surface area (Å²) < 4.78 is 0.959. The highest BCUT2D eigenvalue weighted by Crippen LogP contribution is 2.41. The van der Waals surface area contributed by atoms with Gasteiger partial charge in [0.15, 0.2) is 0 Å². The molecule has 3 rings (SSSR count). The Bertz CT molecular complexity index is 591. The molecule has 0 unspecified atom stereocenters. The molecule has 0 radical (unpaired) electrons. The molecule has 1 N–H and O–H groups in total. The van der Waals surface area contributed by atoms with Crippen LogP contribution in [-0.4, -0.2) is 15.5 Å². The fourth-order valence-electron chi connectivity index (χ4n) is 2.36. The smallest absolute Gasteiger partial charge is 0.112 e. The van der Waals surface area contributed by atoms with E-state index in [4.69, 9.17) is 0 Å². The summed E-state index contributed by atoms with van der Waals surface area (Å²) >= 11 is 3.43. The van der Waals surface area contributed by atoms with Crippen molar-refractivity contribution in [3.63, 3.8) is 0 Å². The zero-order valence-electron chi connectivity index (χ0n) is 10.6. The summed E-state index contributed by atoms with van der Waals surface area (Å²) in [4.78, 5) is 8.83. The molecule has 0 aromatic carbocycles. The van der Waals surface area contributed by atoms with Crippen LogP contribution in [0, 0.1) is 5.92 Å². The Morgan fingerprint density at radius 2 is 2.11 bits per heavy atom. The highest BCUT2D eigenvalue weighted by Gasteiger charge is 2.37. The van der Waals surface area contributed by atoms with Crippen LogP contribution >= 0.6 is 15.9 Å². The fraction of sp³-hybridized carbons (Fsp3) is 0.429. The largest absolute Gasteiger partial charge is 0.378 e. The summed E-state index contributed by atoms with van der Waals surface area (Å²) in [7, 11) is 0. The first-order valence-corrected chi connectivity index (χ1v) is 7.04. The SMILES string of the molecule is CC(C)(Nc1ccnc2cc(Br)cnc12)C1CC1. The molecule has 0 bridgehead atoms. The van der Waals surface area contributed by atoms with Crippen molar-refractivity contribution in [3.8, 4) is 0 Å². The van der Waals surface area contributed by atoms with Crippen molar-refractivity contribution < 1.29 is 0 Å². The van der Waals surface area contributed by atoms with Crippen molar-refractivity contribution in [2.45, 2.75) is 32.2 Å². The predicted octanol–water partition coefficient (Wildman–Crippen LogP) is 3.99. The Hall–Kier alpha value is -1.16. The number of anilines is 1. The van der Waals surface area contributed by atoms with Crippen LogP contribution in [0.2, 0.25) is 0 Å². The van der Waals surface area contributed by atoms with Gasteiger partial charge in [-0.3, -0.25) is 9.97 Å². The number of halogens is 1. The van der Waals surface area contributed by atoms with Crippen LogP contribution in [0.5, 0.6) is 0 Å². The van der Waals surface area contributed by atoms with Gasteiger partial charge in [0.1, 0.15) is 5.52 Å². The van der Waals surface area contributed by atoms with Gasteiger partial charge in [-0.1, -0.05) is 0 Å². The first kappa shape index (κ1) is 11.9. The van der Waals surface area contributed by atoms with E-state index in [2.05, 4.69) is 45.1 Å². The summed E-state index contributed by atoms with van der Waals surface area (Å²) in [5.74, 6) is 0.774. The van der Waals surface area contributed by atoms with Gasteiger partial charge in [-0.2, -0.15) is 0 Å². The van der Waals surface area contributed by atoms with E-state index in [1.165, 1.54) is 12.8 Å². The first-order chi connectivity index (χ1) is 8.56. The Balaban J connectivity index is 2.01. The predicted molar refractivity (Wildman–Crippen MR) is 77.7 cm³/mol. The van der Waals surface area contributed by atoms with Crippen LogP contribution in [-0.2, 0) is 0 Å². The second-order valence-corrected chi connectivity index (χ2v) is 6.42. The maximum atomic E-state index is 4.47. The van der Waals surface area contributed by atoms with Gasteiger partial charge < -0.3 is 5.32 Å². The molecule has 0 aliphatic heterocycles. The third-order valence-electron chi connectivity index (χ3n) is 3.60. The zero-order valence-corrected chi connectivity index (χ0v) is 12.2. The van der Waals surface area contributed by atoms with Crippen LogP contribution in [0.3, 0.4) is 0 Å². The molecule has 2 aromatic rings. The number of fused-ring (bicyclic) bond motifs is 1. The molecule has 1 aliphatic rings. The van der Waals surface area contributed by atoms with Crippen molar-refractivity contribution in [3.05, 3.63) is 29.0 Å². The van der Waals surface area contributed by atoms with Crippen LogP contribution in [0.4, 0.5) is 5.69 Å². The maximum Gasteiger partial charge on any atom is 0.112 e. The van der Waals surface area contributed by atoms with E-state index in [0.29, 0.717) is 0 Å². The summed E-state index contributed by atoms with van der Waals surface area (Å²) in [6.45, 7) is 4.52. The van der Waals surface area contributed by atoms with Crippen molar-refractivity contribution in [1.82, 2.24) is 9.97 Å². The Labute approximate surface area is 115 Å². The molecule has 4 heteroatoms. The number of rotatable bonds is 3. The van der Waals surface area contributed by atoms with E-state index in [9.17, 15) is 0 Å². The topological polar surface area (TPSA) is 37.8 Å². The van der Waals surface area contributed by atoms with Gasteiger partial charge in [-0.15, -0.1) is 0 Å². The molecule has 1 fully saturated rings. The molecular formula is C14H16BrN3. The van der Waals surface area contributed by atoms with Gasteiger partial charge in [0.25, 0.3) is 0 Å². The zero-order chi connectivity index (χ0) is 12.8. The van der Waals surface area contributed by atoms with Gasteiger partial charge >= 0.3 is 0 Å². The second-order valence-electron chi connectivity index (χ2n) is 5.50. The monoisotopic (exact) mass is 305 g/mol. The fourth-order valence-corrected chi connectivity index (χ4v) is 2.68. The third-order valence-corrected chi connectivity index (χ3v) is 4.03. The normalized spacial score (nSPS) is 15.9. The minimum atomic E-state index is 0.128. The molecule has 2 heterocycles. The number of aromatic nitrogens is 2. The molecule has 0 amide bonds. The highest BCUT2D eigenvalue weighted by atomic mass is 79.9. The highest BCUT2D eigenvalue weighted by molar-refractivity contribution is 9.10. The average molecular weight is 306 g/mol. The number of pyridine rings is 2. The Kier molecular flexibility index (Phi) is 2.77. The summed E-state index contributed by atoms with van der Waals surface area (Å²) in [6.07, 6.45) is 6.30. The summed E-state index contributed by atoms with van der Waals surface area (Å²) in [5, 5.41) is 3.62. The van der Waals surface area contributed by atoms with Gasteiger partial charge in [-0.25, -0.2) is 0 Å². The molecule has 0 atom stereocenters. The van der Waals surface area contributed by atoms with Crippen LogP contribution in [0.15, 0.2) is 29.0 Å². The van der Waals surface area contributed by atoms with Crippen LogP contribution in [0.25, 0.3) is 11.0 Å². The minimum absolute atomic E-state index is 0.128. The molecule has 1 aliphatic carbocycles. The van der Waals surface area contributed by atoms with Crippen LogP contribution in [0.1, 0.15) is 26.7 Å². The second kappa shape index (κ2) is 4.19. The summed E-state index contributed by atoms with van der Waals surface area (Å²) in [5.41, 5.74) is 3.06. The minimum Gasteiger partial charge on any atom is -0.378 e. The number of nitrogens with zero attached hydrogens (tertiary/aromatic N) is 2. The lowest BCUT2D eigenvalue weighted by Crippen LogP contribution is -2.33. The van der Waals surface area contributed by atoms with E-state index in [1.807, 2.05) is 24.5 Å². The Morgan fingerprint density at radius 3 is 2.83 bits per heavy atom. The van der Waals surface area contributed by atoms with E-state index in [-0.39, 0.29) is 5.54 Å². The quantitative estimate of drug-likeness (QED) is 0.931. The van der Waals surface area contributed by atoms with E-state index < -0.39 is 0 Å². The number of hydrogen-bond acceptors (Lipinski definition) is 3. The molecule has 2 aromatic heterocycles. The molecule has 3 nitrogen and oxygen atoms in total. The molecule has 18 heavy (non-hydrogen) atoms. The number of nitrogens with one attached hydrogen (secondary N) is 1. The molecule has 94 valence electrons. The third kappa shape index (κ3) is 2.21. The molecule has 0 spiro atoms. The van der Waals surface area contributed by atoms with E-state index in [1.54, 1.807) is 0 Å². The van der Waals surface area contributed by atoms with E-state index in [0.717, 1.165) is 27.1 Å². The van der Waals surface area contributed by atoms with Crippen molar-refractivity contribution in [1.29, 1.82) is 0 Å². The lowest BCUT2D eigenvalue weighted by molar-refractivity contribution is 0.495. The van der Waals surface area contributed by atoms with E-state index >= 15 is 0 Å². The van der Waals surface area contributed by atoms with Gasteiger partial charge in [0.05, 0.1) is 11.2 Å². The molecular weight excluding hydrogens is 290 g/mol. The van der Waals surface area contributed by atoms with Crippen molar-refractivity contribution in [2.24, 2.45) is 5.92 Å². The average Bonchev–Trinajstić information content (AvgIpc) is 3.12. The van der Waals surface area contributed by atoms with Gasteiger partial charge in [-0.05, 0) is 60.7 Å². The standard InChI is InChI=1S/C14H16BrN3/c1-14(2,9-3-4-9)18-11-5-6-16-12-7-10(15)8-17-13(11)12/h5-9H,3-4H2,1-2H3,(H,16,18).